The molecule has 0 radical (unpaired) electrons. The Bertz CT molecular complexity index is 843. The minimum atomic E-state index is 0.554. The van der Waals surface area contributed by atoms with Crippen molar-refractivity contribution in [1.82, 2.24) is 0 Å². The zero-order valence-electron chi connectivity index (χ0n) is 24.6. The molecule has 202 valence electrons. The van der Waals surface area contributed by atoms with Crippen molar-refractivity contribution in [3.05, 3.63) is 35.9 Å². The third-order valence-electron chi connectivity index (χ3n) is 13.0. The molecule has 0 amide bonds. The summed E-state index contributed by atoms with van der Waals surface area (Å²) in [6.07, 6.45) is 23.6. The second-order valence-electron chi connectivity index (χ2n) is 14.9. The van der Waals surface area contributed by atoms with Gasteiger partial charge in [-0.1, -0.05) is 89.6 Å². The number of benzene rings is 1. The number of hydrogen-bond acceptors (Lipinski definition) is 0. The molecule has 1 aromatic carbocycles. The molecular weight excluding hydrogens is 434 g/mol. The van der Waals surface area contributed by atoms with Gasteiger partial charge in [-0.25, -0.2) is 0 Å². The second-order valence-corrected chi connectivity index (χ2v) is 14.9. The molecule has 5 rings (SSSR count). The van der Waals surface area contributed by atoms with Crippen LogP contribution in [0.3, 0.4) is 0 Å². The molecule has 8 atom stereocenters. The highest BCUT2D eigenvalue weighted by atomic mass is 15.4. The molecule has 3 saturated carbocycles. The van der Waals surface area contributed by atoms with Crippen molar-refractivity contribution in [2.24, 2.45) is 34.5 Å². The van der Waals surface area contributed by atoms with Gasteiger partial charge in [0.25, 0.3) is 0 Å². The molecule has 36 heavy (non-hydrogen) atoms. The van der Waals surface area contributed by atoms with Gasteiger partial charge in [-0.15, -0.1) is 0 Å². The molecule has 0 bridgehead atoms. The standard InChI is InChI=1S/C35H58N/c1-6-7-8-9-10-14-17-28-18-20-31-30-19-21-33-35(3,32(30)23-25-34(28,31)2)24-22-29(36(33,4)5)26-27-15-12-11-13-16-27/h11-13,15-16,28-33H,6-10,14,17-26H2,1-5H3/q+1. The van der Waals surface area contributed by atoms with Gasteiger partial charge in [0.2, 0.25) is 0 Å². The lowest BCUT2D eigenvalue weighted by atomic mass is 9.46. The zero-order chi connectivity index (χ0) is 25.4. The number of fused-ring (bicyclic) bond motifs is 5. The van der Waals surface area contributed by atoms with Gasteiger partial charge in [-0.05, 0) is 79.6 Å². The van der Waals surface area contributed by atoms with Crippen LogP contribution in [0.4, 0.5) is 0 Å². The summed E-state index contributed by atoms with van der Waals surface area (Å²) in [5.74, 6) is 4.05. The van der Waals surface area contributed by atoms with E-state index in [0.29, 0.717) is 10.8 Å². The Morgan fingerprint density at radius 1 is 0.750 bits per heavy atom. The van der Waals surface area contributed by atoms with E-state index in [2.05, 4.69) is 65.2 Å². The van der Waals surface area contributed by atoms with E-state index in [1.54, 1.807) is 18.4 Å². The Balaban J connectivity index is 1.24. The van der Waals surface area contributed by atoms with E-state index in [-0.39, 0.29) is 0 Å². The van der Waals surface area contributed by atoms with E-state index in [1.807, 2.05) is 0 Å². The first-order valence-corrected chi connectivity index (χ1v) is 16.2. The third-order valence-corrected chi connectivity index (χ3v) is 13.0. The average Bonchev–Trinajstić information content (AvgIpc) is 3.20. The van der Waals surface area contributed by atoms with Gasteiger partial charge in [0, 0.05) is 24.7 Å². The Morgan fingerprint density at radius 3 is 2.22 bits per heavy atom. The quantitative estimate of drug-likeness (QED) is 0.238. The van der Waals surface area contributed by atoms with E-state index in [4.69, 9.17) is 0 Å². The normalized spacial score (nSPS) is 41.4. The number of likely N-dealkylation sites (N-methyl/N-ethyl adjacent to an activating group) is 1. The molecule has 1 aliphatic heterocycles. The highest BCUT2D eigenvalue weighted by Crippen LogP contribution is 2.67. The van der Waals surface area contributed by atoms with Crippen LogP contribution in [0, 0.1) is 34.5 Å². The smallest absolute Gasteiger partial charge is 0.0945 e. The van der Waals surface area contributed by atoms with Gasteiger partial charge in [0.15, 0.2) is 0 Å². The molecule has 4 aliphatic rings. The minimum absolute atomic E-state index is 0.554. The molecule has 4 fully saturated rings. The van der Waals surface area contributed by atoms with Crippen molar-refractivity contribution in [2.75, 3.05) is 14.1 Å². The maximum atomic E-state index is 2.76. The lowest BCUT2D eigenvalue weighted by Crippen LogP contribution is -2.69. The number of likely N-dealkylation sites (tertiary alicyclic amines) is 1. The van der Waals surface area contributed by atoms with Gasteiger partial charge in [0.05, 0.1) is 26.2 Å². The lowest BCUT2D eigenvalue weighted by Gasteiger charge is -2.65. The van der Waals surface area contributed by atoms with Gasteiger partial charge >= 0.3 is 0 Å². The Labute approximate surface area is 224 Å². The largest absolute Gasteiger partial charge is 0.323 e. The SMILES string of the molecule is CCCCCCCCC1CCC2C3CCC4C(C)(CCC(Cc5ccccc5)[N+]4(C)C)C3CCC12C. The summed E-state index contributed by atoms with van der Waals surface area (Å²) < 4.78 is 1.26. The maximum Gasteiger partial charge on any atom is 0.0945 e. The second kappa shape index (κ2) is 10.7. The summed E-state index contributed by atoms with van der Waals surface area (Å²) >= 11 is 0. The minimum Gasteiger partial charge on any atom is -0.323 e. The molecule has 3 aliphatic carbocycles. The van der Waals surface area contributed by atoms with E-state index >= 15 is 0 Å². The van der Waals surface area contributed by atoms with Gasteiger partial charge in [-0.2, -0.15) is 0 Å². The number of nitrogens with zero attached hydrogens (tertiary/aromatic N) is 1. The molecule has 1 saturated heterocycles. The van der Waals surface area contributed by atoms with Crippen molar-refractivity contribution in [2.45, 2.75) is 136 Å². The molecule has 0 aromatic heterocycles. The number of unbranched alkanes of at least 4 members (excludes halogenated alkanes) is 5. The Hall–Kier alpha value is -0.820. The fourth-order valence-corrected chi connectivity index (χ4v) is 10.9. The Morgan fingerprint density at radius 2 is 1.44 bits per heavy atom. The van der Waals surface area contributed by atoms with Crippen LogP contribution in [0.2, 0.25) is 0 Å². The van der Waals surface area contributed by atoms with Gasteiger partial charge in [-0.3, -0.25) is 0 Å². The maximum absolute atomic E-state index is 2.76. The summed E-state index contributed by atoms with van der Waals surface area (Å²) in [7, 11) is 5.21. The van der Waals surface area contributed by atoms with Crippen molar-refractivity contribution in [1.29, 1.82) is 0 Å². The first-order valence-electron chi connectivity index (χ1n) is 16.2. The van der Waals surface area contributed by atoms with E-state index in [0.717, 1.165) is 35.8 Å². The van der Waals surface area contributed by atoms with Crippen molar-refractivity contribution >= 4 is 0 Å². The molecule has 8 unspecified atom stereocenters. The van der Waals surface area contributed by atoms with Crippen LogP contribution in [0.5, 0.6) is 0 Å². The van der Waals surface area contributed by atoms with Crippen LogP contribution in [-0.4, -0.2) is 30.7 Å². The first kappa shape index (κ1) is 26.8. The van der Waals surface area contributed by atoms with E-state index in [9.17, 15) is 0 Å². The van der Waals surface area contributed by atoms with E-state index < -0.39 is 0 Å². The molecule has 0 N–H and O–H groups in total. The summed E-state index contributed by atoms with van der Waals surface area (Å²) in [6.45, 7) is 7.85. The molecule has 1 nitrogen and oxygen atoms in total. The van der Waals surface area contributed by atoms with Crippen LogP contribution in [0.25, 0.3) is 0 Å². The monoisotopic (exact) mass is 492 g/mol. The molecule has 1 heteroatoms. The predicted octanol–water partition coefficient (Wildman–Crippen LogP) is 9.45. The van der Waals surface area contributed by atoms with Crippen LogP contribution >= 0.6 is 0 Å². The van der Waals surface area contributed by atoms with Crippen molar-refractivity contribution in [3.8, 4) is 0 Å². The summed E-state index contributed by atoms with van der Waals surface area (Å²) in [5, 5.41) is 0. The fourth-order valence-electron chi connectivity index (χ4n) is 10.9. The van der Waals surface area contributed by atoms with Crippen LogP contribution in [0.15, 0.2) is 30.3 Å². The lowest BCUT2D eigenvalue weighted by molar-refractivity contribution is -0.954. The topological polar surface area (TPSA) is 0 Å². The van der Waals surface area contributed by atoms with Crippen molar-refractivity contribution < 1.29 is 4.48 Å². The number of quaternary nitrogens is 1. The van der Waals surface area contributed by atoms with Gasteiger partial charge < -0.3 is 4.48 Å². The van der Waals surface area contributed by atoms with Crippen molar-refractivity contribution in [3.63, 3.8) is 0 Å². The van der Waals surface area contributed by atoms with Crippen LogP contribution < -0.4 is 0 Å². The van der Waals surface area contributed by atoms with Gasteiger partial charge in [0.1, 0.15) is 0 Å². The predicted molar refractivity (Wildman–Crippen MR) is 155 cm³/mol. The first-order chi connectivity index (χ1) is 17.3. The average molecular weight is 493 g/mol. The number of rotatable bonds is 9. The molecule has 1 aromatic rings. The Kier molecular flexibility index (Phi) is 7.99. The zero-order valence-corrected chi connectivity index (χ0v) is 24.6. The highest BCUT2D eigenvalue weighted by molar-refractivity contribution is 5.16. The third kappa shape index (κ3) is 4.74. The summed E-state index contributed by atoms with van der Waals surface area (Å²) in [6, 6.07) is 13.0. The highest BCUT2D eigenvalue weighted by Gasteiger charge is 2.63. The molecular formula is C35H58N+. The molecule has 0 spiro atoms. The fraction of sp³-hybridized carbons (Fsp3) is 0.829. The van der Waals surface area contributed by atoms with Crippen LogP contribution in [-0.2, 0) is 6.42 Å². The summed E-state index contributed by atoms with van der Waals surface area (Å²) in [5.41, 5.74) is 2.75. The van der Waals surface area contributed by atoms with Crippen LogP contribution in [0.1, 0.15) is 123 Å². The number of piperidine rings is 1. The van der Waals surface area contributed by atoms with E-state index in [1.165, 1.54) is 94.4 Å². The molecule has 1 heterocycles. The number of hydrogen-bond donors (Lipinski definition) is 0. The summed E-state index contributed by atoms with van der Waals surface area (Å²) in [4.78, 5) is 0.